The summed E-state index contributed by atoms with van der Waals surface area (Å²) in [5.74, 6) is 1.40. The molecule has 1 aliphatic rings. The number of hydrogen-bond acceptors (Lipinski definition) is 7. The lowest BCUT2D eigenvalue weighted by atomic mass is 10.1. The molecule has 0 bridgehead atoms. The predicted octanol–water partition coefficient (Wildman–Crippen LogP) is 1.63. The van der Waals surface area contributed by atoms with Crippen molar-refractivity contribution in [1.82, 2.24) is 24.7 Å². The van der Waals surface area contributed by atoms with E-state index < -0.39 is 0 Å². The van der Waals surface area contributed by atoms with Gasteiger partial charge in [-0.25, -0.2) is 14.6 Å². The zero-order chi connectivity index (χ0) is 17.8. The lowest BCUT2D eigenvalue weighted by molar-refractivity contribution is 0.154. The number of aliphatic hydroxyl groups is 1. The molecule has 134 valence electrons. The lowest BCUT2D eigenvalue weighted by Gasteiger charge is -2.31. The Morgan fingerprint density at radius 2 is 2.15 bits per heavy atom. The van der Waals surface area contributed by atoms with Crippen LogP contribution >= 0.6 is 0 Å². The minimum absolute atomic E-state index is 0.287. The molecule has 0 radical (unpaired) electrons. The Labute approximate surface area is 151 Å². The zero-order valence-corrected chi connectivity index (χ0v) is 14.4. The SMILES string of the molecule is O[C@@H]1CCCN(c2ccnc(NCc3ccccc3-n3cncn3)n2)C1. The molecule has 0 aliphatic carbocycles. The van der Waals surface area contributed by atoms with Gasteiger partial charge < -0.3 is 15.3 Å². The van der Waals surface area contributed by atoms with Crippen LogP contribution in [0.2, 0.25) is 0 Å². The topological polar surface area (TPSA) is 92.0 Å². The van der Waals surface area contributed by atoms with Crippen LogP contribution < -0.4 is 10.2 Å². The first-order valence-electron chi connectivity index (χ1n) is 8.72. The molecule has 2 N–H and O–H groups in total. The highest BCUT2D eigenvalue weighted by molar-refractivity contribution is 5.45. The van der Waals surface area contributed by atoms with Crippen LogP contribution in [0.1, 0.15) is 18.4 Å². The van der Waals surface area contributed by atoms with Gasteiger partial charge in [0.15, 0.2) is 0 Å². The van der Waals surface area contributed by atoms with E-state index in [2.05, 4.69) is 30.3 Å². The molecule has 0 unspecified atom stereocenters. The monoisotopic (exact) mass is 351 g/mol. The van der Waals surface area contributed by atoms with E-state index in [1.54, 1.807) is 17.2 Å². The van der Waals surface area contributed by atoms with E-state index >= 15 is 0 Å². The zero-order valence-electron chi connectivity index (χ0n) is 14.4. The van der Waals surface area contributed by atoms with E-state index in [1.165, 1.54) is 6.33 Å². The molecule has 1 aromatic carbocycles. The Balaban J connectivity index is 1.48. The fraction of sp³-hybridized carbons (Fsp3) is 0.333. The van der Waals surface area contributed by atoms with Crippen molar-refractivity contribution >= 4 is 11.8 Å². The van der Waals surface area contributed by atoms with Crippen molar-refractivity contribution < 1.29 is 5.11 Å². The molecule has 0 amide bonds. The number of hydrogen-bond donors (Lipinski definition) is 2. The third-order valence-corrected chi connectivity index (χ3v) is 4.46. The van der Waals surface area contributed by atoms with Gasteiger partial charge in [-0.1, -0.05) is 18.2 Å². The van der Waals surface area contributed by atoms with Gasteiger partial charge in [0.2, 0.25) is 5.95 Å². The summed E-state index contributed by atoms with van der Waals surface area (Å²) in [6.07, 6.45) is 6.48. The molecule has 8 heteroatoms. The standard InChI is InChI=1S/C18H21N7O/c26-15-5-3-9-24(11-15)17-7-8-20-18(23-17)21-10-14-4-1-2-6-16(14)25-13-19-12-22-25/h1-2,4,6-8,12-13,15,26H,3,5,9-11H2,(H,20,21,23)/t15-/m1/s1. The molecule has 1 fully saturated rings. The second-order valence-electron chi connectivity index (χ2n) is 6.30. The number of β-amino-alcohol motifs (C(OH)–C–C–N with tert-alkyl or cyclic N) is 1. The van der Waals surface area contributed by atoms with Crippen molar-refractivity contribution in [2.45, 2.75) is 25.5 Å². The summed E-state index contributed by atoms with van der Waals surface area (Å²) in [5.41, 5.74) is 2.04. The first-order chi connectivity index (χ1) is 12.8. The van der Waals surface area contributed by atoms with Crippen LogP contribution in [0.25, 0.3) is 5.69 Å². The third-order valence-electron chi connectivity index (χ3n) is 4.46. The summed E-state index contributed by atoms with van der Waals surface area (Å²) >= 11 is 0. The Bertz CT molecular complexity index is 852. The second-order valence-corrected chi connectivity index (χ2v) is 6.30. The van der Waals surface area contributed by atoms with Crippen LogP contribution in [-0.2, 0) is 6.54 Å². The minimum atomic E-state index is -0.287. The Hall–Kier alpha value is -3.00. The van der Waals surface area contributed by atoms with Crippen LogP contribution in [0.3, 0.4) is 0 Å². The minimum Gasteiger partial charge on any atom is -0.391 e. The number of rotatable bonds is 5. The van der Waals surface area contributed by atoms with Crippen molar-refractivity contribution in [3.8, 4) is 5.69 Å². The van der Waals surface area contributed by atoms with Gasteiger partial charge in [0.1, 0.15) is 18.5 Å². The van der Waals surface area contributed by atoms with E-state index in [9.17, 15) is 5.11 Å². The number of benzene rings is 1. The number of nitrogens with zero attached hydrogens (tertiary/aromatic N) is 6. The van der Waals surface area contributed by atoms with Crippen molar-refractivity contribution in [2.24, 2.45) is 0 Å². The lowest BCUT2D eigenvalue weighted by Crippen LogP contribution is -2.38. The molecular formula is C18H21N7O. The van der Waals surface area contributed by atoms with E-state index in [-0.39, 0.29) is 6.10 Å². The second kappa shape index (κ2) is 7.49. The summed E-state index contributed by atoms with van der Waals surface area (Å²) < 4.78 is 1.74. The number of piperidine rings is 1. The molecule has 0 saturated carbocycles. The molecule has 8 nitrogen and oxygen atoms in total. The smallest absolute Gasteiger partial charge is 0.224 e. The Morgan fingerprint density at radius 3 is 3.00 bits per heavy atom. The molecule has 4 rings (SSSR count). The molecule has 26 heavy (non-hydrogen) atoms. The normalized spacial score (nSPS) is 17.3. The van der Waals surface area contributed by atoms with Gasteiger partial charge in [0.25, 0.3) is 0 Å². The largest absolute Gasteiger partial charge is 0.391 e. The average molecular weight is 351 g/mol. The molecule has 1 saturated heterocycles. The molecular weight excluding hydrogens is 330 g/mol. The molecule has 0 spiro atoms. The van der Waals surface area contributed by atoms with E-state index in [1.807, 2.05) is 30.3 Å². The fourth-order valence-electron chi connectivity index (χ4n) is 3.16. The van der Waals surface area contributed by atoms with Gasteiger partial charge in [-0.2, -0.15) is 10.1 Å². The van der Waals surface area contributed by atoms with Gasteiger partial charge >= 0.3 is 0 Å². The third kappa shape index (κ3) is 3.65. The van der Waals surface area contributed by atoms with Crippen molar-refractivity contribution in [3.05, 3.63) is 54.7 Å². The van der Waals surface area contributed by atoms with Crippen molar-refractivity contribution in [2.75, 3.05) is 23.3 Å². The first-order valence-corrected chi connectivity index (χ1v) is 8.72. The van der Waals surface area contributed by atoms with Gasteiger partial charge in [-0.05, 0) is 30.5 Å². The summed E-state index contributed by atoms with van der Waals surface area (Å²) in [6.45, 7) is 2.09. The predicted molar refractivity (Wildman–Crippen MR) is 98.2 cm³/mol. The van der Waals surface area contributed by atoms with Crippen LogP contribution in [0, 0.1) is 0 Å². The van der Waals surface area contributed by atoms with E-state index in [0.29, 0.717) is 19.0 Å². The number of nitrogens with one attached hydrogen (secondary N) is 1. The number of aliphatic hydroxyl groups excluding tert-OH is 1. The number of anilines is 2. The summed E-state index contributed by atoms with van der Waals surface area (Å²) in [4.78, 5) is 15.0. The summed E-state index contributed by atoms with van der Waals surface area (Å²) in [7, 11) is 0. The van der Waals surface area contributed by atoms with Gasteiger partial charge in [-0.3, -0.25) is 0 Å². The van der Waals surface area contributed by atoms with Crippen LogP contribution in [0.4, 0.5) is 11.8 Å². The average Bonchev–Trinajstić information content (AvgIpc) is 3.21. The highest BCUT2D eigenvalue weighted by atomic mass is 16.3. The quantitative estimate of drug-likeness (QED) is 0.722. The van der Waals surface area contributed by atoms with Crippen LogP contribution in [-0.4, -0.2) is 49.0 Å². The molecule has 1 aliphatic heterocycles. The highest BCUT2D eigenvalue weighted by Crippen LogP contribution is 2.19. The summed E-state index contributed by atoms with van der Waals surface area (Å²) in [6, 6.07) is 9.88. The van der Waals surface area contributed by atoms with Gasteiger partial charge in [-0.15, -0.1) is 0 Å². The maximum absolute atomic E-state index is 9.87. The number of aromatic nitrogens is 5. The highest BCUT2D eigenvalue weighted by Gasteiger charge is 2.19. The maximum atomic E-state index is 9.87. The molecule has 2 aromatic heterocycles. The van der Waals surface area contributed by atoms with Crippen molar-refractivity contribution in [3.63, 3.8) is 0 Å². The van der Waals surface area contributed by atoms with E-state index in [0.717, 1.165) is 36.5 Å². The maximum Gasteiger partial charge on any atom is 0.224 e. The molecule has 3 aromatic rings. The number of para-hydroxylation sites is 1. The van der Waals surface area contributed by atoms with Gasteiger partial charge in [0.05, 0.1) is 11.8 Å². The van der Waals surface area contributed by atoms with Crippen molar-refractivity contribution in [1.29, 1.82) is 0 Å². The summed E-state index contributed by atoms with van der Waals surface area (Å²) in [5, 5.41) is 17.4. The van der Waals surface area contributed by atoms with Crippen LogP contribution in [0.5, 0.6) is 0 Å². The fourth-order valence-corrected chi connectivity index (χ4v) is 3.16. The Kier molecular flexibility index (Phi) is 4.74. The van der Waals surface area contributed by atoms with E-state index in [4.69, 9.17) is 0 Å². The molecule has 3 heterocycles. The Morgan fingerprint density at radius 1 is 1.23 bits per heavy atom. The van der Waals surface area contributed by atoms with Gasteiger partial charge in [0, 0.05) is 25.8 Å². The first kappa shape index (κ1) is 16.5. The van der Waals surface area contributed by atoms with Crippen LogP contribution in [0.15, 0.2) is 49.2 Å². The molecule has 1 atom stereocenters.